The molecule has 0 radical (unpaired) electrons. The zero-order chi connectivity index (χ0) is 16.7. The van der Waals surface area contributed by atoms with Gasteiger partial charge in [-0.2, -0.15) is 5.10 Å². The fraction of sp³-hybridized carbons (Fsp3) is 0.667. The van der Waals surface area contributed by atoms with E-state index in [-0.39, 0.29) is 12.1 Å². The Morgan fingerprint density at radius 2 is 2.26 bits per heavy atom. The van der Waals surface area contributed by atoms with Crippen LogP contribution in [0.3, 0.4) is 0 Å². The number of hydrogen-bond donors (Lipinski definition) is 2. The van der Waals surface area contributed by atoms with E-state index in [1.54, 1.807) is 11.1 Å². The van der Waals surface area contributed by atoms with Crippen LogP contribution >= 0.6 is 0 Å². The zero-order valence-electron chi connectivity index (χ0n) is 13.9. The molecule has 1 aliphatic heterocycles. The monoisotopic (exact) mass is 322 g/mol. The Morgan fingerprint density at radius 3 is 2.87 bits per heavy atom. The van der Waals surface area contributed by atoms with Crippen molar-refractivity contribution in [3.05, 3.63) is 18.0 Å². The van der Waals surface area contributed by atoms with Crippen molar-refractivity contribution >= 4 is 12.1 Å². The summed E-state index contributed by atoms with van der Waals surface area (Å²) in [7, 11) is 1.91. The van der Waals surface area contributed by atoms with Crippen LogP contribution in [-0.2, 0) is 18.2 Å². The molecule has 0 aliphatic carbocycles. The van der Waals surface area contributed by atoms with Gasteiger partial charge in [0, 0.05) is 51.0 Å². The summed E-state index contributed by atoms with van der Waals surface area (Å²) in [5.41, 5.74) is 7.06. The molecule has 2 rings (SSSR count). The number of nitrogens with two attached hydrogens (primary N) is 1. The summed E-state index contributed by atoms with van der Waals surface area (Å²) in [5.74, 6) is 0.460. The van der Waals surface area contributed by atoms with Gasteiger partial charge in [-0.1, -0.05) is 0 Å². The van der Waals surface area contributed by atoms with Crippen molar-refractivity contribution in [2.75, 3.05) is 26.2 Å². The maximum Gasteiger partial charge on any atom is 0.409 e. The highest BCUT2D eigenvalue weighted by Gasteiger charge is 2.23. The summed E-state index contributed by atoms with van der Waals surface area (Å²) in [5, 5.41) is 7.35. The van der Waals surface area contributed by atoms with Crippen LogP contribution in [0.25, 0.3) is 0 Å². The predicted molar refractivity (Wildman–Crippen MR) is 88.2 cm³/mol. The smallest absolute Gasteiger partial charge is 0.409 e. The number of likely N-dealkylation sites (tertiary alicyclic amines) is 1. The van der Waals surface area contributed by atoms with Crippen molar-refractivity contribution in [1.82, 2.24) is 20.0 Å². The predicted octanol–water partition coefficient (Wildman–Crippen LogP) is 0.488. The molecule has 23 heavy (non-hydrogen) atoms. The first-order valence-corrected chi connectivity index (χ1v) is 8.05. The third-order valence-electron chi connectivity index (χ3n) is 3.95. The minimum absolute atomic E-state index is 0.233. The molecule has 1 aromatic rings. The summed E-state index contributed by atoms with van der Waals surface area (Å²) < 4.78 is 6.84. The molecule has 0 saturated carbocycles. The highest BCUT2D eigenvalue weighted by atomic mass is 16.6. The largest absolute Gasteiger partial charge is 0.450 e. The van der Waals surface area contributed by atoms with Gasteiger partial charge in [-0.3, -0.25) is 9.67 Å². The van der Waals surface area contributed by atoms with Crippen molar-refractivity contribution in [3.8, 4) is 0 Å². The molecule has 0 atom stereocenters. The molecule has 0 unspecified atom stereocenters. The van der Waals surface area contributed by atoms with Gasteiger partial charge in [-0.15, -0.1) is 0 Å². The lowest BCUT2D eigenvalue weighted by Crippen LogP contribution is -2.48. The number of aryl methyl sites for hydroxylation is 1. The van der Waals surface area contributed by atoms with Crippen LogP contribution in [-0.4, -0.2) is 59.0 Å². The number of nitrogens with one attached hydrogen (secondary N) is 1. The Labute approximate surface area is 136 Å². The molecule has 1 aliphatic rings. The number of amides is 1. The molecular formula is C15H26N6O2. The van der Waals surface area contributed by atoms with E-state index in [9.17, 15) is 4.79 Å². The second-order valence-corrected chi connectivity index (χ2v) is 5.57. The number of nitrogens with zero attached hydrogens (tertiary/aromatic N) is 4. The van der Waals surface area contributed by atoms with Crippen molar-refractivity contribution in [3.63, 3.8) is 0 Å². The first kappa shape index (κ1) is 17.1. The van der Waals surface area contributed by atoms with Gasteiger partial charge in [-0.05, 0) is 25.8 Å². The van der Waals surface area contributed by atoms with Crippen LogP contribution < -0.4 is 11.1 Å². The zero-order valence-corrected chi connectivity index (χ0v) is 13.9. The van der Waals surface area contributed by atoms with Gasteiger partial charge in [0.2, 0.25) is 0 Å². The molecule has 0 aromatic carbocycles. The molecule has 0 bridgehead atoms. The van der Waals surface area contributed by atoms with Gasteiger partial charge in [-0.25, -0.2) is 4.79 Å². The molecular weight excluding hydrogens is 296 g/mol. The van der Waals surface area contributed by atoms with Crippen LogP contribution in [0.1, 0.15) is 25.5 Å². The van der Waals surface area contributed by atoms with Gasteiger partial charge in [0.25, 0.3) is 0 Å². The minimum Gasteiger partial charge on any atom is -0.450 e. The third-order valence-corrected chi connectivity index (χ3v) is 3.95. The van der Waals surface area contributed by atoms with Gasteiger partial charge in [0.1, 0.15) is 0 Å². The summed E-state index contributed by atoms with van der Waals surface area (Å²) in [6.45, 7) is 4.21. The maximum absolute atomic E-state index is 11.6. The summed E-state index contributed by atoms with van der Waals surface area (Å²) >= 11 is 0. The second-order valence-electron chi connectivity index (χ2n) is 5.57. The highest BCUT2D eigenvalue weighted by Crippen LogP contribution is 2.11. The Balaban J connectivity index is 1.70. The molecule has 8 nitrogen and oxygen atoms in total. The van der Waals surface area contributed by atoms with Crippen molar-refractivity contribution in [2.24, 2.45) is 17.8 Å². The second kappa shape index (κ2) is 8.40. The van der Waals surface area contributed by atoms with E-state index < -0.39 is 0 Å². The van der Waals surface area contributed by atoms with Crippen molar-refractivity contribution < 1.29 is 9.53 Å². The fourth-order valence-corrected chi connectivity index (χ4v) is 2.61. The molecule has 1 fully saturated rings. The fourth-order valence-electron chi connectivity index (χ4n) is 2.61. The average Bonchev–Trinajstić information content (AvgIpc) is 2.93. The van der Waals surface area contributed by atoms with Crippen LogP contribution in [0, 0.1) is 0 Å². The molecule has 128 valence electrons. The van der Waals surface area contributed by atoms with E-state index in [0.717, 1.165) is 25.0 Å². The number of rotatable bonds is 5. The number of guanidine groups is 1. The number of ether oxygens (including phenoxy) is 1. The standard InChI is InChI=1S/C15H26N6O2/c1-3-23-15(22)21-10-6-12(7-11-21)19-14(16)17-8-4-13-5-9-18-20(13)2/h5,9,12H,3-4,6-8,10-11H2,1-2H3,(H3,16,17,19). The normalized spacial score (nSPS) is 16.4. The molecule has 1 aromatic heterocycles. The molecule has 8 heteroatoms. The lowest BCUT2D eigenvalue weighted by atomic mass is 10.1. The number of carbonyl (C=O) groups is 1. The Bertz CT molecular complexity index is 534. The van der Waals surface area contributed by atoms with Gasteiger partial charge in [0.05, 0.1) is 6.61 Å². The summed E-state index contributed by atoms with van der Waals surface area (Å²) in [6, 6.07) is 2.23. The molecule has 1 amide bonds. The van der Waals surface area contributed by atoms with E-state index in [1.807, 2.05) is 24.7 Å². The topological polar surface area (TPSA) is 97.8 Å². The first-order chi connectivity index (χ1) is 11.1. The quantitative estimate of drug-likeness (QED) is 0.607. The Morgan fingerprint density at radius 1 is 1.52 bits per heavy atom. The Kier molecular flexibility index (Phi) is 6.25. The number of aliphatic imine (C=N–C) groups is 1. The van der Waals surface area contributed by atoms with Crippen LogP contribution in [0.2, 0.25) is 0 Å². The van der Waals surface area contributed by atoms with Crippen LogP contribution in [0.4, 0.5) is 4.79 Å². The van der Waals surface area contributed by atoms with E-state index in [2.05, 4.69) is 15.4 Å². The van der Waals surface area contributed by atoms with E-state index in [1.165, 1.54) is 0 Å². The molecule has 1 saturated heterocycles. The lowest BCUT2D eigenvalue weighted by molar-refractivity contribution is 0.0963. The average molecular weight is 322 g/mol. The number of carbonyl (C=O) groups excluding carboxylic acids is 1. The third kappa shape index (κ3) is 5.15. The number of piperidine rings is 1. The summed E-state index contributed by atoms with van der Waals surface area (Å²) in [4.78, 5) is 17.7. The number of hydrogen-bond acceptors (Lipinski definition) is 4. The molecule has 3 N–H and O–H groups in total. The van der Waals surface area contributed by atoms with Gasteiger partial charge >= 0.3 is 6.09 Å². The van der Waals surface area contributed by atoms with Gasteiger partial charge < -0.3 is 20.7 Å². The van der Waals surface area contributed by atoms with Gasteiger partial charge in [0.15, 0.2) is 5.96 Å². The Hall–Kier alpha value is -2.25. The molecule has 2 heterocycles. The van der Waals surface area contributed by atoms with E-state index in [0.29, 0.717) is 32.2 Å². The molecule has 0 spiro atoms. The van der Waals surface area contributed by atoms with Crippen LogP contribution in [0.15, 0.2) is 17.3 Å². The maximum atomic E-state index is 11.6. The lowest BCUT2D eigenvalue weighted by Gasteiger charge is -2.31. The highest BCUT2D eigenvalue weighted by molar-refractivity contribution is 5.78. The van der Waals surface area contributed by atoms with Crippen molar-refractivity contribution in [2.45, 2.75) is 32.2 Å². The number of aromatic nitrogens is 2. The van der Waals surface area contributed by atoms with Crippen molar-refractivity contribution in [1.29, 1.82) is 0 Å². The SMILES string of the molecule is CCOC(=O)N1CCC(NC(N)=NCCc2ccnn2C)CC1. The van der Waals surface area contributed by atoms with E-state index >= 15 is 0 Å². The van der Waals surface area contributed by atoms with Crippen LogP contribution in [0.5, 0.6) is 0 Å². The first-order valence-electron chi connectivity index (χ1n) is 8.05. The minimum atomic E-state index is -0.233. The van der Waals surface area contributed by atoms with E-state index in [4.69, 9.17) is 10.5 Å². The summed E-state index contributed by atoms with van der Waals surface area (Å²) in [6.07, 6.45) is 4.04.